The van der Waals surface area contributed by atoms with Crippen LogP contribution in [-0.2, 0) is 10.0 Å². The van der Waals surface area contributed by atoms with E-state index in [4.69, 9.17) is 5.73 Å². The summed E-state index contributed by atoms with van der Waals surface area (Å²) in [5.41, 5.74) is 7.00. The zero-order valence-corrected chi connectivity index (χ0v) is 13.1. The molecule has 0 unspecified atom stereocenters. The van der Waals surface area contributed by atoms with Crippen molar-refractivity contribution in [3.63, 3.8) is 0 Å². The van der Waals surface area contributed by atoms with Gasteiger partial charge in [0.05, 0.1) is 4.90 Å². The van der Waals surface area contributed by atoms with E-state index in [1.165, 1.54) is 12.1 Å². The number of carbonyl (C=O) groups excluding carboxylic acids is 1. The van der Waals surface area contributed by atoms with Crippen LogP contribution in [0.2, 0.25) is 0 Å². The fourth-order valence-corrected chi connectivity index (χ4v) is 3.48. The average molecular weight is 311 g/mol. The van der Waals surface area contributed by atoms with Crippen LogP contribution < -0.4 is 10.5 Å². The SMILES string of the molecule is CCNS(=O)(=O)c1ccc(C)c(C(=O)N2CC[C@@H](N)C2)c1. The molecule has 3 N–H and O–H groups in total. The first kappa shape index (κ1) is 15.9. The summed E-state index contributed by atoms with van der Waals surface area (Å²) >= 11 is 0. The van der Waals surface area contributed by atoms with E-state index in [0.29, 0.717) is 25.2 Å². The zero-order valence-electron chi connectivity index (χ0n) is 12.3. The lowest BCUT2D eigenvalue weighted by Gasteiger charge is -2.18. The Kier molecular flexibility index (Phi) is 4.65. The maximum atomic E-state index is 12.5. The quantitative estimate of drug-likeness (QED) is 0.845. The molecule has 0 spiro atoms. The van der Waals surface area contributed by atoms with E-state index < -0.39 is 10.0 Å². The number of hydrogen-bond donors (Lipinski definition) is 2. The van der Waals surface area contributed by atoms with Crippen molar-refractivity contribution in [3.05, 3.63) is 29.3 Å². The topological polar surface area (TPSA) is 92.5 Å². The predicted molar refractivity (Wildman–Crippen MR) is 80.5 cm³/mol. The molecule has 1 aromatic carbocycles. The van der Waals surface area contributed by atoms with Gasteiger partial charge in [0.15, 0.2) is 0 Å². The van der Waals surface area contributed by atoms with E-state index >= 15 is 0 Å². The van der Waals surface area contributed by atoms with Crippen LogP contribution >= 0.6 is 0 Å². The van der Waals surface area contributed by atoms with Gasteiger partial charge in [-0.3, -0.25) is 4.79 Å². The Bertz CT molecular complexity index is 643. The van der Waals surface area contributed by atoms with Gasteiger partial charge in [0, 0.05) is 31.2 Å². The molecule has 21 heavy (non-hydrogen) atoms. The lowest BCUT2D eigenvalue weighted by Crippen LogP contribution is -2.32. The minimum atomic E-state index is -3.56. The average Bonchev–Trinajstić information content (AvgIpc) is 2.85. The van der Waals surface area contributed by atoms with E-state index in [1.807, 2.05) is 0 Å². The Morgan fingerprint density at radius 2 is 2.19 bits per heavy atom. The second-order valence-electron chi connectivity index (χ2n) is 5.28. The van der Waals surface area contributed by atoms with Crippen LogP contribution in [0.3, 0.4) is 0 Å². The fourth-order valence-electron chi connectivity index (χ4n) is 2.41. The minimum absolute atomic E-state index is 0.00271. The number of rotatable bonds is 4. The van der Waals surface area contributed by atoms with E-state index in [2.05, 4.69) is 4.72 Å². The van der Waals surface area contributed by atoms with Crippen molar-refractivity contribution in [2.24, 2.45) is 5.73 Å². The summed E-state index contributed by atoms with van der Waals surface area (Å²) in [6, 6.07) is 4.62. The summed E-state index contributed by atoms with van der Waals surface area (Å²) < 4.78 is 26.5. The van der Waals surface area contributed by atoms with Crippen LogP contribution in [0.1, 0.15) is 29.3 Å². The molecule has 0 bridgehead atoms. The summed E-state index contributed by atoms with van der Waals surface area (Å²) in [6.07, 6.45) is 0.778. The standard InChI is InChI=1S/C14H21N3O3S/c1-3-16-21(19,20)12-5-4-10(2)13(8-12)14(18)17-7-6-11(15)9-17/h4-5,8,11,16H,3,6-7,9,15H2,1-2H3/t11-/m1/s1. The number of aryl methyl sites for hydroxylation is 1. The Morgan fingerprint density at radius 1 is 1.48 bits per heavy atom. The van der Waals surface area contributed by atoms with Gasteiger partial charge in [-0.15, -0.1) is 0 Å². The fraction of sp³-hybridized carbons (Fsp3) is 0.500. The van der Waals surface area contributed by atoms with Crippen molar-refractivity contribution >= 4 is 15.9 Å². The van der Waals surface area contributed by atoms with Gasteiger partial charge >= 0.3 is 0 Å². The molecule has 0 saturated carbocycles. The summed E-state index contributed by atoms with van der Waals surface area (Å²) in [4.78, 5) is 14.3. The second-order valence-corrected chi connectivity index (χ2v) is 7.04. The van der Waals surface area contributed by atoms with Crippen molar-refractivity contribution in [2.45, 2.75) is 31.2 Å². The number of likely N-dealkylation sites (tertiary alicyclic amines) is 1. The number of hydrogen-bond acceptors (Lipinski definition) is 4. The Hall–Kier alpha value is -1.44. The van der Waals surface area contributed by atoms with Crippen LogP contribution in [0.5, 0.6) is 0 Å². The molecular formula is C14H21N3O3S. The van der Waals surface area contributed by atoms with E-state index in [9.17, 15) is 13.2 Å². The molecule has 1 heterocycles. The van der Waals surface area contributed by atoms with Gasteiger partial charge in [-0.05, 0) is 31.0 Å². The number of amides is 1. The smallest absolute Gasteiger partial charge is 0.254 e. The predicted octanol–water partition coefficient (Wildman–Crippen LogP) is 0.466. The van der Waals surface area contributed by atoms with Gasteiger partial charge in [0.25, 0.3) is 5.91 Å². The first-order valence-electron chi connectivity index (χ1n) is 7.00. The molecular weight excluding hydrogens is 290 g/mol. The van der Waals surface area contributed by atoms with Crippen molar-refractivity contribution in [3.8, 4) is 0 Å². The first-order chi connectivity index (χ1) is 9.85. The van der Waals surface area contributed by atoms with Gasteiger partial charge in [0.1, 0.15) is 0 Å². The minimum Gasteiger partial charge on any atom is -0.337 e. The largest absolute Gasteiger partial charge is 0.337 e. The summed E-state index contributed by atoms with van der Waals surface area (Å²) in [5.74, 6) is -0.158. The Balaban J connectivity index is 2.34. The van der Waals surface area contributed by atoms with E-state index in [-0.39, 0.29) is 16.8 Å². The van der Waals surface area contributed by atoms with E-state index in [1.54, 1.807) is 24.8 Å². The van der Waals surface area contributed by atoms with E-state index in [0.717, 1.165) is 12.0 Å². The number of benzene rings is 1. The molecule has 1 saturated heterocycles. The van der Waals surface area contributed by atoms with Crippen LogP contribution in [-0.4, -0.2) is 44.9 Å². The van der Waals surface area contributed by atoms with Crippen molar-refractivity contribution in [2.75, 3.05) is 19.6 Å². The summed E-state index contributed by atoms with van der Waals surface area (Å²) in [5, 5.41) is 0. The number of sulfonamides is 1. The molecule has 1 aliphatic heterocycles. The highest BCUT2D eigenvalue weighted by atomic mass is 32.2. The van der Waals surface area contributed by atoms with Gasteiger partial charge in [-0.25, -0.2) is 13.1 Å². The summed E-state index contributed by atoms with van der Waals surface area (Å²) in [6.45, 7) is 4.95. The molecule has 7 heteroatoms. The van der Waals surface area contributed by atoms with Gasteiger partial charge in [0.2, 0.25) is 10.0 Å². The molecule has 6 nitrogen and oxygen atoms in total. The van der Waals surface area contributed by atoms with Crippen LogP contribution in [0.25, 0.3) is 0 Å². The Morgan fingerprint density at radius 3 is 2.76 bits per heavy atom. The number of carbonyl (C=O) groups is 1. The molecule has 0 aliphatic carbocycles. The molecule has 1 amide bonds. The molecule has 1 fully saturated rings. The molecule has 116 valence electrons. The zero-order chi connectivity index (χ0) is 15.6. The lowest BCUT2D eigenvalue weighted by molar-refractivity contribution is 0.0790. The summed E-state index contributed by atoms with van der Waals surface area (Å²) in [7, 11) is -3.56. The monoisotopic (exact) mass is 311 g/mol. The number of nitrogens with one attached hydrogen (secondary N) is 1. The lowest BCUT2D eigenvalue weighted by atomic mass is 10.1. The third-order valence-corrected chi connectivity index (χ3v) is 5.14. The normalized spacial score (nSPS) is 19.0. The van der Waals surface area contributed by atoms with Crippen LogP contribution in [0.15, 0.2) is 23.1 Å². The van der Waals surface area contributed by atoms with Crippen molar-refractivity contribution < 1.29 is 13.2 Å². The highest BCUT2D eigenvalue weighted by Crippen LogP contribution is 2.19. The van der Waals surface area contributed by atoms with Crippen LogP contribution in [0.4, 0.5) is 0 Å². The second kappa shape index (κ2) is 6.13. The highest BCUT2D eigenvalue weighted by Gasteiger charge is 2.26. The number of nitrogens with zero attached hydrogens (tertiary/aromatic N) is 1. The molecule has 1 aliphatic rings. The number of nitrogens with two attached hydrogens (primary N) is 1. The van der Waals surface area contributed by atoms with Gasteiger partial charge in [-0.1, -0.05) is 13.0 Å². The molecule has 0 aromatic heterocycles. The highest BCUT2D eigenvalue weighted by molar-refractivity contribution is 7.89. The maximum absolute atomic E-state index is 12.5. The van der Waals surface area contributed by atoms with Gasteiger partial charge < -0.3 is 10.6 Å². The molecule has 2 rings (SSSR count). The Labute approximate surface area is 125 Å². The molecule has 1 aromatic rings. The molecule has 0 radical (unpaired) electrons. The third kappa shape index (κ3) is 3.42. The first-order valence-corrected chi connectivity index (χ1v) is 8.48. The third-order valence-electron chi connectivity index (χ3n) is 3.60. The van der Waals surface area contributed by atoms with Crippen molar-refractivity contribution in [1.29, 1.82) is 0 Å². The molecule has 1 atom stereocenters. The van der Waals surface area contributed by atoms with Crippen LogP contribution in [0, 0.1) is 6.92 Å². The van der Waals surface area contributed by atoms with Gasteiger partial charge in [-0.2, -0.15) is 0 Å². The van der Waals surface area contributed by atoms with Crippen molar-refractivity contribution in [1.82, 2.24) is 9.62 Å². The maximum Gasteiger partial charge on any atom is 0.254 e.